The third kappa shape index (κ3) is 1.32. The Morgan fingerprint density at radius 2 is 1.85 bits per heavy atom. The lowest BCUT2D eigenvalue weighted by Gasteiger charge is -1.96. The van der Waals surface area contributed by atoms with E-state index in [0.29, 0.717) is 5.56 Å². The van der Waals surface area contributed by atoms with E-state index in [2.05, 4.69) is 11.1 Å². The average molecular weight is 168 g/mol. The Morgan fingerprint density at radius 3 is 2.54 bits per heavy atom. The molecule has 0 radical (unpaired) electrons. The van der Waals surface area contributed by atoms with Crippen LogP contribution >= 0.6 is 0 Å². The second-order valence-corrected chi connectivity index (χ2v) is 2.74. The second-order valence-electron chi connectivity index (χ2n) is 2.74. The van der Waals surface area contributed by atoms with Crippen LogP contribution in [0.4, 0.5) is 0 Å². The van der Waals surface area contributed by atoms with Crippen molar-refractivity contribution < 1.29 is 0 Å². The van der Waals surface area contributed by atoms with Gasteiger partial charge in [0.05, 0.1) is 11.3 Å². The SMILES string of the molecule is N#Cc1cc[nH]c1-c1ccccc1. The summed E-state index contributed by atoms with van der Waals surface area (Å²) in [5.74, 6) is 0. The first-order chi connectivity index (χ1) is 6.42. The number of aromatic amines is 1. The van der Waals surface area contributed by atoms with Gasteiger partial charge in [0.1, 0.15) is 6.07 Å². The molecule has 0 aliphatic carbocycles. The largest absolute Gasteiger partial charge is 0.360 e. The summed E-state index contributed by atoms with van der Waals surface area (Å²) in [6.45, 7) is 0. The first-order valence-corrected chi connectivity index (χ1v) is 4.04. The Bertz CT molecular complexity index is 435. The van der Waals surface area contributed by atoms with E-state index in [1.165, 1.54) is 0 Å². The molecule has 0 bridgehead atoms. The zero-order valence-corrected chi connectivity index (χ0v) is 6.99. The molecule has 2 nitrogen and oxygen atoms in total. The third-order valence-corrected chi connectivity index (χ3v) is 1.93. The van der Waals surface area contributed by atoms with Gasteiger partial charge in [-0.25, -0.2) is 0 Å². The molecule has 1 aromatic carbocycles. The number of hydrogen-bond donors (Lipinski definition) is 1. The van der Waals surface area contributed by atoms with E-state index in [4.69, 9.17) is 5.26 Å². The van der Waals surface area contributed by atoms with Crippen LogP contribution in [0, 0.1) is 11.3 Å². The predicted molar refractivity (Wildman–Crippen MR) is 50.9 cm³/mol. The molecule has 1 heterocycles. The predicted octanol–water partition coefficient (Wildman–Crippen LogP) is 2.55. The lowest BCUT2D eigenvalue weighted by atomic mass is 10.1. The maximum atomic E-state index is 8.80. The van der Waals surface area contributed by atoms with Crippen molar-refractivity contribution in [2.45, 2.75) is 0 Å². The van der Waals surface area contributed by atoms with Crippen LogP contribution in [0.1, 0.15) is 5.56 Å². The van der Waals surface area contributed by atoms with Gasteiger partial charge in [-0.05, 0) is 11.6 Å². The molecule has 0 fully saturated rings. The summed E-state index contributed by atoms with van der Waals surface area (Å²) >= 11 is 0. The van der Waals surface area contributed by atoms with Crippen LogP contribution in [-0.4, -0.2) is 4.98 Å². The van der Waals surface area contributed by atoms with Gasteiger partial charge in [-0.3, -0.25) is 0 Å². The van der Waals surface area contributed by atoms with Crippen LogP contribution in [0.25, 0.3) is 11.3 Å². The Balaban J connectivity index is 2.54. The minimum atomic E-state index is 0.686. The third-order valence-electron chi connectivity index (χ3n) is 1.93. The molecule has 62 valence electrons. The van der Waals surface area contributed by atoms with Crippen molar-refractivity contribution in [1.82, 2.24) is 4.98 Å². The quantitative estimate of drug-likeness (QED) is 0.698. The lowest BCUT2D eigenvalue weighted by molar-refractivity contribution is 1.39. The second kappa shape index (κ2) is 3.16. The highest BCUT2D eigenvalue weighted by Crippen LogP contribution is 2.20. The van der Waals surface area contributed by atoms with Crippen LogP contribution in [0.3, 0.4) is 0 Å². The van der Waals surface area contributed by atoms with Crippen LogP contribution in [0.5, 0.6) is 0 Å². The molecular formula is C11H8N2. The normalized spacial score (nSPS) is 9.46. The number of benzene rings is 1. The zero-order valence-electron chi connectivity index (χ0n) is 6.99. The smallest absolute Gasteiger partial charge is 0.101 e. The van der Waals surface area contributed by atoms with Crippen LogP contribution < -0.4 is 0 Å². The van der Waals surface area contributed by atoms with Gasteiger partial charge in [-0.1, -0.05) is 30.3 Å². The summed E-state index contributed by atoms with van der Waals surface area (Å²) < 4.78 is 0. The van der Waals surface area contributed by atoms with Gasteiger partial charge >= 0.3 is 0 Å². The molecule has 0 saturated heterocycles. The highest BCUT2D eigenvalue weighted by Gasteiger charge is 2.03. The number of nitrogens with one attached hydrogen (secondary N) is 1. The van der Waals surface area contributed by atoms with E-state index in [1.807, 2.05) is 30.3 Å². The number of hydrogen-bond acceptors (Lipinski definition) is 1. The molecule has 1 N–H and O–H groups in total. The minimum Gasteiger partial charge on any atom is -0.360 e. The average Bonchev–Trinajstić information content (AvgIpc) is 2.67. The summed E-state index contributed by atoms with van der Waals surface area (Å²) in [6.07, 6.45) is 1.78. The van der Waals surface area contributed by atoms with Crippen molar-refractivity contribution >= 4 is 0 Å². The van der Waals surface area contributed by atoms with Crippen LogP contribution in [0.15, 0.2) is 42.6 Å². The maximum absolute atomic E-state index is 8.80. The first-order valence-electron chi connectivity index (χ1n) is 4.04. The van der Waals surface area contributed by atoms with E-state index in [-0.39, 0.29) is 0 Å². The Kier molecular flexibility index (Phi) is 1.85. The molecule has 0 amide bonds. The van der Waals surface area contributed by atoms with Gasteiger partial charge in [0.15, 0.2) is 0 Å². The molecule has 0 spiro atoms. The minimum absolute atomic E-state index is 0.686. The van der Waals surface area contributed by atoms with Crippen molar-refractivity contribution in [3.05, 3.63) is 48.2 Å². The standard InChI is InChI=1S/C11H8N2/c12-8-10-6-7-13-11(10)9-4-2-1-3-5-9/h1-7,13H. The number of H-pyrrole nitrogens is 1. The van der Waals surface area contributed by atoms with Gasteiger partial charge in [0, 0.05) is 6.20 Å². The summed E-state index contributed by atoms with van der Waals surface area (Å²) in [7, 11) is 0. The van der Waals surface area contributed by atoms with Crippen molar-refractivity contribution in [2.24, 2.45) is 0 Å². The fourth-order valence-corrected chi connectivity index (χ4v) is 1.31. The topological polar surface area (TPSA) is 39.6 Å². The number of nitriles is 1. The first kappa shape index (κ1) is 7.63. The molecule has 13 heavy (non-hydrogen) atoms. The number of rotatable bonds is 1. The fraction of sp³-hybridized carbons (Fsp3) is 0. The summed E-state index contributed by atoms with van der Waals surface area (Å²) in [6, 6.07) is 13.7. The summed E-state index contributed by atoms with van der Waals surface area (Å²) in [5.41, 5.74) is 2.62. The van der Waals surface area contributed by atoms with Crippen LogP contribution in [0.2, 0.25) is 0 Å². The monoisotopic (exact) mass is 168 g/mol. The van der Waals surface area contributed by atoms with Gasteiger partial charge < -0.3 is 4.98 Å². The molecule has 0 aliphatic heterocycles. The summed E-state index contributed by atoms with van der Waals surface area (Å²) in [4.78, 5) is 3.05. The highest BCUT2D eigenvalue weighted by molar-refractivity contribution is 5.66. The summed E-state index contributed by atoms with van der Waals surface area (Å²) in [5, 5.41) is 8.80. The van der Waals surface area contributed by atoms with Crippen LogP contribution in [-0.2, 0) is 0 Å². The lowest BCUT2D eigenvalue weighted by Crippen LogP contribution is -1.79. The van der Waals surface area contributed by atoms with E-state index < -0.39 is 0 Å². The van der Waals surface area contributed by atoms with Gasteiger partial charge in [-0.15, -0.1) is 0 Å². The number of aromatic nitrogens is 1. The molecule has 0 saturated carbocycles. The Hall–Kier alpha value is -2.01. The molecular weight excluding hydrogens is 160 g/mol. The maximum Gasteiger partial charge on any atom is 0.101 e. The van der Waals surface area contributed by atoms with Crippen molar-refractivity contribution in [1.29, 1.82) is 5.26 Å². The molecule has 2 aromatic rings. The molecule has 1 aromatic heterocycles. The number of nitrogens with zero attached hydrogens (tertiary/aromatic N) is 1. The van der Waals surface area contributed by atoms with Crippen molar-refractivity contribution in [3.8, 4) is 17.3 Å². The molecule has 0 unspecified atom stereocenters. The highest BCUT2D eigenvalue weighted by atomic mass is 14.7. The molecule has 0 atom stereocenters. The van der Waals surface area contributed by atoms with E-state index in [0.717, 1.165) is 11.3 Å². The Labute approximate surface area is 76.5 Å². The van der Waals surface area contributed by atoms with Gasteiger partial charge in [0.2, 0.25) is 0 Å². The van der Waals surface area contributed by atoms with Crippen molar-refractivity contribution in [3.63, 3.8) is 0 Å². The molecule has 2 rings (SSSR count). The molecule has 0 aliphatic rings. The fourth-order valence-electron chi connectivity index (χ4n) is 1.31. The molecule has 2 heteroatoms. The van der Waals surface area contributed by atoms with E-state index >= 15 is 0 Å². The van der Waals surface area contributed by atoms with E-state index in [9.17, 15) is 0 Å². The van der Waals surface area contributed by atoms with Gasteiger partial charge in [0.25, 0.3) is 0 Å². The van der Waals surface area contributed by atoms with Crippen molar-refractivity contribution in [2.75, 3.05) is 0 Å². The van der Waals surface area contributed by atoms with E-state index in [1.54, 1.807) is 12.3 Å². The van der Waals surface area contributed by atoms with Gasteiger partial charge in [-0.2, -0.15) is 5.26 Å². The Morgan fingerprint density at radius 1 is 1.08 bits per heavy atom. The zero-order chi connectivity index (χ0) is 9.10.